The van der Waals surface area contributed by atoms with Crippen LogP contribution in [0.15, 0.2) is 0 Å². The summed E-state index contributed by atoms with van der Waals surface area (Å²) in [6, 6.07) is 1.81. The minimum atomic E-state index is 0.852. The molecule has 3 rings (SSSR count). The van der Waals surface area contributed by atoms with E-state index in [1.54, 1.807) is 0 Å². The number of rotatable bonds is 6. The zero-order valence-electron chi connectivity index (χ0n) is 11.3. The monoisotopic (exact) mass is 236 g/mol. The summed E-state index contributed by atoms with van der Waals surface area (Å²) >= 11 is 0. The van der Waals surface area contributed by atoms with Crippen LogP contribution >= 0.6 is 0 Å². The summed E-state index contributed by atoms with van der Waals surface area (Å²) in [5.41, 5.74) is 0. The molecule has 2 saturated carbocycles. The van der Waals surface area contributed by atoms with Crippen LogP contribution in [0.25, 0.3) is 0 Å². The van der Waals surface area contributed by atoms with Crippen LogP contribution in [0.4, 0.5) is 0 Å². The molecule has 1 saturated heterocycles. The Kier molecular flexibility index (Phi) is 3.72. The summed E-state index contributed by atoms with van der Waals surface area (Å²) in [7, 11) is 0. The number of nitrogens with one attached hydrogen (secondary N) is 1. The van der Waals surface area contributed by atoms with Gasteiger partial charge in [0.15, 0.2) is 0 Å². The molecule has 0 bridgehead atoms. The second-order valence-electron chi connectivity index (χ2n) is 6.65. The van der Waals surface area contributed by atoms with Gasteiger partial charge in [0.25, 0.3) is 0 Å². The van der Waals surface area contributed by atoms with Crippen molar-refractivity contribution in [1.29, 1.82) is 0 Å². The fourth-order valence-corrected chi connectivity index (χ4v) is 3.43. The van der Waals surface area contributed by atoms with Crippen LogP contribution in [0.5, 0.6) is 0 Å². The first kappa shape index (κ1) is 12.0. The van der Waals surface area contributed by atoms with E-state index >= 15 is 0 Å². The van der Waals surface area contributed by atoms with Crippen molar-refractivity contribution < 1.29 is 0 Å². The number of hydrogen-bond acceptors (Lipinski definition) is 2. The van der Waals surface area contributed by atoms with E-state index in [-0.39, 0.29) is 0 Å². The summed E-state index contributed by atoms with van der Waals surface area (Å²) in [5.74, 6) is 2.05. The predicted molar refractivity (Wildman–Crippen MR) is 72.1 cm³/mol. The Morgan fingerprint density at radius 1 is 1.00 bits per heavy atom. The second kappa shape index (κ2) is 5.27. The molecule has 0 spiro atoms. The molecule has 2 aliphatic carbocycles. The Labute approximate surface area is 106 Å². The van der Waals surface area contributed by atoms with Gasteiger partial charge in [-0.05, 0) is 64.0 Å². The Morgan fingerprint density at radius 2 is 1.71 bits per heavy atom. The molecule has 17 heavy (non-hydrogen) atoms. The maximum absolute atomic E-state index is 3.49. The van der Waals surface area contributed by atoms with Crippen LogP contribution in [-0.4, -0.2) is 36.6 Å². The van der Waals surface area contributed by atoms with Crippen molar-refractivity contribution in [3.05, 3.63) is 0 Å². The van der Waals surface area contributed by atoms with Gasteiger partial charge in [0.2, 0.25) is 0 Å². The van der Waals surface area contributed by atoms with Crippen molar-refractivity contribution in [2.45, 2.75) is 64.0 Å². The first-order valence-electron chi connectivity index (χ1n) is 7.79. The molecule has 1 heterocycles. The predicted octanol–water partition coefficient (Wildman–Crippen LogP) is 2.64. The van der Waals surface area contributed by atoms with E-state index in [0.29, 0.717) is 0 Å². The van der Waals surface area contributed by atoms with E-state index in [2.05, 4.69) is 17.1 Å². The van der Waals surface area contributed by atoms with Crippen molar-refractivity contribution in [3.8, 4) is 0 Å². The highest BCUT2D eigenvalue weighted by Crippen LogP contribution is 2.38. The number of piperidine rings is 1. The summed E-state index contributed by atoms with van der Waals surface area (Å²) in [5, 5.41) is 3.49. The molecule has 1 unspecified atom stereocenters. The Bertz CT molecular complexity index is 239. The summed E-state index contributed by atoms with van der Waals surface area (Å²) in [6.07, 6.45) is 10.2. The molecular formula is C15H28N2. The van der Waals surface area contributed by atoms with Crippen molar-refractivity contribution in [2.75, 3.05) is 19.6 Å². The minimum absolute atomic E-state index is 0.852. The molecule has 3 aliphatic rings. The summed E-state index contributed by atoms with van der Waals surface area (Å²) in [6.45, 7) is 6.37. The third kappa shape index (κ3) is 3.45. The second-order valence-corrected chi connectivity index (χ2v) is 6.65. The van der Waals surface area contributed by atoms with E-state index in [0.717, 1.165) is 23.9 Å². The van der Waals surface area contributed by atoms with Gasteiger partial charge in [-0.2, -0.15) is 0 Å². The molecule has 0 radical (unpaired) electrons. The van der Waals surface area contributed by atoms with Crippen LogP contribution in [0, 0.1) is 11.8 Å². The zero-order valence-corrected chi connectivity index (χ0v) is 11.3. The third-order valence-corrected chi connectivity index (χ3v) is 4.88. The summed E-state index contributed by atoms with van der Waals surface area (Å²) in [4.78, 5) is 2.87. The quantitative estimate of drug-likeness (QED) is 0.763. The molecule has 0 amide bonds. The lowest BCUT2D eigenvalue weighted by Crippen LogP contribution is -2.42. The van der Waals surface area contributed by atoms with Crippen molar-refractivity contribution >= 4 is 0 Å². The molecule has 1 N–H and O–H groups in total. The van der Waals surface area contributed by atoms with Crippen LogP contribution in [0.1, 0.15) is 51.9 Å². The lowest BCUT2D eigenvalue weighted by molar-refractivity contribution is 0.142. The van der Waals surface area contributed by atoms with Gasteiger partial charge in [0.05, 0.1) is 0 Å². The maximum atomic E-state index is 3.49. The highest BCUT2D eigenvalue weighted by molar-refractivity contribution is 4.91. The Morgan fingerprint density at radius 3 is 2.29 bits per heavy atom. The van der Waals surface area contributed by atoms with E-state index in [1.807, 2.05) is 0 Å². The van der Waals surface area contributed by atoms with Crippen LogP contribution < -0.4 is 5.32 Å². The first-order chi connectivity index (χ1) is 8.33. The minimum Gasteiger partial charge on any atom is -0.317 e. The maximum Gasteiger partial charge on any atom is 0.00993 e. The molecule has 3 fully saturated rings. The van der Waals surface area contributed by atoms with Gasteiger partial charge in [0, 0.05) is 18.6 Å². The highest BCUT2D eigenvalue weighted by atomic mass is 15.2. The number of nitrogens with zero attached hydrogens (tertiary/aromatic N) is 1. The molecule has 1 aliphatic heterocycles. The van der Waals surface area contributed by atoms with Gasteiger partial charge in [-0.3, -0.25) is 4.90 Å². The molecule has 2 nitrogen and oxygen atoms in total. The SMILES string of the molecule is CC(CC1CC1)N(CC1CCNCC1)C1CC1. The van der Waals surface area contributed by atoms with Gasteiger partial charge in [-0.1, -0.05) is 12.8 Å². The van der Waals surface area contributed by atoms with Crippen LogP contribution in [0.3, 0.4) is 0 Å². The fourth-order valence-electron chi connectivity index (χ4n) is 3.43. The van der Waals surface area contributed by atoms with Gasteiger partial charge in [0.1, 0.15) is 0 Å². The summed E-state index contributed by atoms with van der Waals surface area (Å²) < 4.78 is 0. The largest absolute Gasteiger partial charge is 0.317 e. The van der Waals surface area contributed by atoms with E-state index in [1.165, 1.54) is 64.6 Å². The fraction of sp³-hybridized carbons (Fsp3) is 1.00. The first-order valence-corrected chi connectivity index (χ1v) is 7.79. The molecule has 2 heteroatoms. The molecule has 1 atom stereocenters. The Balaban J connectivity index is 1.50. The van der Waals surface area contributed by atoms with Crippen LogP contribution in [0.2, 0.25) is 0 Å². The van der Waals surface area contributed by atoms with Crippen molar-refractivity contribution in [1.82, 2.24) is 10.2 Å². The standard InChI is InChI=1S/C15H28N2/c1-12(10-13-2-3-13)17(15-4-5-15)11-14-6-8-16-9-7-14/h12-16H,2-11H2,1H3. The zero-order chi connectivity index (χ0) is 11.7. The lowest BCUT2D eigenvalue weighted by atomic mass is 9.96. The molecule has 0 aromatic carbocycles. The smallest absolute Gasteiger partial charge is 0.00993 e. The average Bonchev–Trinajstić information content (AvgIpc) is 3.21. The van der Waals surface area contributed by atoms with Crippen molar-refractivity contribution in [3.63, 3.8) is 0 Å². The normalized spacial score (nSPS) is 28.6. The molecule has 0 aromatic rings. The van der Waals surface area contributed by atoms with Gasteiger partial charge in [-0.15, -0.1) is 0 Å². The topological polar surface area (TPSA) is 15.3 Å². The van der Waals surface area contributed by atoms with E-state index < -0.39 is 0 Å². The number of hydrogen-bond donors (Lipinski definition) is 1. The van der Waals surface area contributed by atoms with Gasteiger partial charge < -0.3 is 5.32 Å². The van der Waals surface area contributed by atoms with Gasteiger partial charge in [-0.25, -0.2) is 0 Å². The molecule has 0 aromatic heterocycles. The Hall–Kier alpha value is -0.0800. The third-order valence-electron chi connectivity index (χ3n) is 4.88. The van der Waals surface area contributed by atoms with Gasteiger partial charge >= 0.3 is 0 Å². The molecular weight excluding hydrogens is 208 g/mol. The average molecular weight is 236 g/mol. The highest BCUT2D eigenvalue weighted by Gasteiger charge is 2.35. The van der Waals surface area contributed by atoms with E-state index in [9.17, 15) is 0 Å². The van der Waals surface area contributed by atoms with Crippen molar-refractivity contribution in [2.24, 2.45) is 11.8 Å². The lowest BCUT2D eigenvalue weighted by Gasteiger charge is -2.34. The molecule has 98 valence electrons. The van der Waals surface area contributed by atoms with Crippen LogP contribution in [-0.2, 0) is 0 Å². The van der Waals surface area contributed by atoms with E-state index in [4.69, 9.17) is 0 Å².